The molecule has 3 aromatic rings. The normalized spacial score (nSPS) is 19.5. The second kappa shape index (κ2) is 10.9. The summed E-state index contributed by atoms with van der Waals surface area (Å²) in [4.78, 5) is 33.8. The number of likely N-dealkylation sites (tertiary alicyclic amines) is 1. The number of hydrogen-bond acceptors (Lipinski definition) is 8. The number of hydrogen-bond donors (Lipinski definition) is 3. The molecule has 0 spiro atoms. The molecule has 3 heterocycles. The molecule has 1 aromatic carbocycles. The standard InChI is InChI=1S/C26H33N5O4S/c1-14(2)23(22-9-19(11-27)30-35-22)26(34)31-12-20(32)10-21(31)25(33)29-15(3)17-5-7-18(8-6-17)24-16(4)28-13-36-24/h5-9,13-15,20-21,23,32H,10-12,27H2,1-4H3,(H,29,33)/t15-,20+,21-,23-/m0/s1. The number of thiazole rings is 1. The fourth-order valence-corrected chi connectivity index (χ4v) is 5.50. The summed E-state index contributed by atoms with van der Waals surface area (Å²) in [6.45, 7) is 8.01. The topological polar surface area (TPSA) is 135 Å². The third kappa shape index (κ3) is 5.35. The van der Waals surface area contributed by atoms with Gasteiger partial charge in [-0.1, -0.05) is 43.3 Å². The molecule has 1 fully saturated rings. The van der Waals surface area contributed by atoms with E-state index in [0.29, 0.717) is 11.5 Å². The number of aliphatic hydroxyl groups is 1. The monoisotopic (exact) mass is 511 g/mol. The van der Waals surface area contributed by atoms with Crippen LogP contribution in [0.2, 0.25) is 0 Å². The zero-order valence-corrected chi connectivity index (χ0v) is 21.8. The van der Waals surface area contributed by atoms with Crippen LogP contribution in [0.15, 0.2) is 40.4 Å². The predicted octanol–water partition coefficient (Wildman–Crippen LogP) is 3.14. The summed E-state index contributed by atoms with van der Waals surface area (Å²) in [5.74, 6) is -0.868. The van der Waals surface area contributed by atoms with E-state index in [9.17, 15) is 14.7 Å². The van der Waals surface area contributed by atoms with E-state index in [4.69, 9.17) is 10.3 Å². The van der Waals surface area contributed by atoms with Gasteiger partial charge in [0.1, 0.15) is 17.7 Å². The molecule has 36 heavy (non-hydrogen) atoms. The zero-order chi connectivity index (χ0) is 26.0. The van der Waals surface area contributed by atoms with Gasteiger partial charge in [0.2, 0.25) is 11.8 Å². The van der Waals surface area contributed by atoms with Crippen molar-refractivity contribution in [2.75, 3.05) is 6.54 Å². The highest BCUT2D eigenvalue weighted by atomic mass is 32.1. The van der Waals surface area contributed by atoms with Gasteiger partial charge >= 0.3 is 0 Å². The van der Waals surface area contributed by atoms with Crippen LogP contribution in [-0.2, 0) is 16.1 Å². The molecule has 0 bridgehead atoms. The van der Waals surface area contributed by atoms with Crippen LogP contribution in [0.5, 0.6) is 0 Å². The number of carbonyl (C=O) groups is 2. The Labute approximate surface area is 214 Å². The van der Waals surface area contributed by atoms with Crippen LogP contribution in [0.1, 0.15) is 61.9 Å². The lowest BCUT2D eigenvalue weighted by molar-refractivity contribution is -0.141. The first-order valence-electron chi connectivity index (χ1n) is 12.1. The average molecular weight is 512 g/mol. The van der Waals surface area contributed by atoms with E-state index in [2.05, 4.69) is 15.5 Å². The number of carbonyl (C=O) groups excluding carboxylic acids is 2. The molecule has 0 aliphatic carbocycles. The third-order valence-electron chi connectivity index (χ3n) is 6.67. The molecule has 9 nitrogen and oxygen atoms in total. The van der Waals surface area contributed by atoms with Gasteiger partial charge in [0.25, 0.3) is 0 Å². The lowest BCUT2D eigenvalue weighted by atomic mass is 9.91. The summed E-state index contributed by atoms with van der Waals surface area (Å²) in [5.41, 5.74) is 11.0. The van der Waals surface area contributed by atoms with Gasteiger partial charge in [-0.15, -0.1) is 11.3 Å². The Hall–Kier alpha value is -3.08. The van der Waals surface area contributed by atoms with E-state index in [1.165, 1.54) is 4.90 Å². The smallest absolute Gasteiger partial charge is 0.243 e. The quantitative estimate of drug-likeness (QED) is 0.423. The molecule has 0 saturated carbocycles. The van der Waals surface area contributed by atoms with Crippen molar-refractivity contribution in [3.8, 4) is 10.4 Å². The maximum atomic E-state index is 13.6. The lowest BCUT2D eigenvalue weighted by Gasteiger charge is -2.29. The molecule has 4 N–H and O–H groups in total. The van der Waals surface area contributed by atoms with Crippen LogP contribution in [0.3, 0.4) is 0 Å². The molecule has 2 amide bonds. The maximum Gasteiger partial charge on any atom is 0.243 e. The molecule has 1 aliphatic rings. The second-order valence-electron chi connectivity index (χ2n) is 9.66. The van der Waals surface area contributed by atoms with Gasteiger partial charge in [-0.3, -0.25) is 9.59 Å². The number of aryl methyl sites for hydroxylation is 1. The highest BCUT2D eigenvalue weighted by Crippen LogP contribution is 2.32. The Kier molecular flexibility index (Phi) is 7.87. The Morgan fingerprint density at radius 3 is 2.58 bits per heavy atom. The number of aromatic nitrogens is 2. The maximum absolute atomic E-state index is 13.6. The summed E-state index contributed by atoms with van der Waals surface area (Å²) in [7, 11) is 0. The van der Waals surface area contributed by atoms with Gasteiger partial charge in [-0.2, -0.15) is 0 Å². The van der Waals surface area contributed by atoms with Crippen molar-refractivity contribution in [2.45, 2.75) is 64.8 Å². The number of nitrogens with zero attached hydrogens (tertiary/aromatic N) is 3. The summed E-state index contributed by atoms with van der Waals surface area (Å²) in [6, 6.07) is 8.66. The number of β-amino-alcohol motifs (C(OH)–C–C–N with tert-alkyl or cyclic N) is 1. The number of amides is 2. The molecule has 2 aromatic heterocycles. The second-order valence-corrected chi connectivity index (χ2v) is 10.5. The molecule has 0 radical (unpaired) electrons. The van der Waals surface area contributed by atoms with E-state index in [1.54, 1.807) is 17.4 Å². The van der Waals surface area contributed by atoms with Gasteiger partial charge < -0.3 is 25.6 Å². The molecule has 4 rings (SSSR count). The Morgan fingerprint density at radius 1 is 1.28 bits per heavy atom. The molecule has 0 unspecified atom stereocenters. The number of rotatable bonds is 8. The largest absolute Gasteiger partial charge is 0.391 e. The average Bonchev–Trinajstić information content (AvgIpc) is 3.58. The number of nitrogens with two attached hydrogens (primary N) is 1. The molecule has 4 atom stereocenters. The van der Waals surface area contributed by atoms with E-state index in [1.807, 2.05) is 57.5 Å². The number of nitrogens with one attached hydrogen (secondary N) is 1. The summed E-state index contributed by atoms with van der Waals surface area (Å²) >= 11 is 1.59. The summed E-state index contributed by atoms with van der Waals surface area (Å²) in [6.07, 6.45) is -0.590. The molecule has 10 heteroatoms. The molecule has 192 valence electrons. The van der Waals surface area contributed by atoms with E-state index in [0.717, 1.165) is 21.7 Å². The van der Waals surface area contributed by atoms with Gasteiger partial charge in [-0.25, -0.2) is 4.98 Å². The molecule has 1 saturated heterocycles. The van der Waals surface area contributed by atoms with Crippen LogP contribution in [0, 0.1) is 12.8 Å². The van der Waals surface area contributed by atoms with Crippen molar-refractivity contribution < 1.29 is 19.2 Å². The van der Waals surface area contributed by atoms with Crippen molar-refractivity contribution in [3.05, 3.63) is 58.6 Å². The van der Waals surface area contributed by atoms with E-state index >= 15 is 0 Å². The minimum Gasteiger partial charge on any atom is -0.391 e. The van der Waals surface area contributed by atoms with E-state index in [-0.39, 0.29) is 43.3 Å². The third-order valence-corrected chi connectivity index (χ3v) is 7.65. The molecule has 1 aliphatic heterocycles. The van der Waals surface area contributed by atoms with Crippen molar-refractivity contribution in [2.24, 2.45) is 11.7 Å². The van der Waals surface area contributed by atoms with Crippen LogP contribution in [0.4, 0.5) is 0 Å². The number of benzene rings is 1. The van der Waals surface area contributed by atoms with Crippen LogP contribution in [-0.4, -0.2) is 50.7 Å². The van der Waals surface area contributed by atoms with Crippen molar-refractivity contribution in [3.63, 3.8) is 0 Å². The van der Waals surface area contributed by atoms with Gasteiger partial charge in [0.05, 0.1) is 33.9 Å². The summed E-state index contributed by atoms with van der Waals surface area (Å²) in [5, 5.41) is 17.3. The Bertz CT molecular complexity index is 1210. The highest BCUT2D eigenvalue weighted by Gasteiger charge is 2.43. The first-order valence-corrected chi connectivity index (χ1v) is 13.0. The Balaban J connectivity index is 1.47. The van der Waals surface area contributed by atoms with Crippen molar-refractivity contribution in [1.29, 1.82) is 0 Å². The predicted molar refractivity (Wildman–Crippen MR) is 137 cm³/mol. The van der Waals surface area contributed by atoms with Gasteiger partial charge in [0, 0.05) is 25.6 Å². The minimum atomic E-state index is -0.774. The summed E-state index contributed by atoms with van der Waals surface area (Å²) < 4.78 is 5.40. The fraction of sp³-hybridized carbons (Fsp3) is 0.462. The Morgan fingerprint density at radius 2 is 2.00 bits per heavy atom. The number of aliphatic hydroxyl groups excluding tert-OH is 1. The van der Waals surface area contributed by atoms with Crippen LogP contribution in [0.25, 0.3) is 10.4 Å². The first-order chi connectivity index (χ1) is 17.2. The first kappa shape index (κ1) is 26.0. The fourth-order valence-electron chi connectivity index (χ4n) is 4.69. The van der Waals surface area contributed by atoms with Crippen molar-refractivity contribution >= 4 is 23.2 Å². The van der Waals surface area contributed by atoms with Gasteiger partial charge in [-0.05, 0) is 30.9 Å². The highest BCUT2D eigenvalue weighted by molar-refractivity contribution is 7.13. The van der Waals surface area contributed by atoms with Crippen molar-refractivity contribution in [1.82, 2.24) is 20.4 Å². The van der Waals surface area contributed by atoms with Gasteiger partial charge in [0.15, 0.2) is 0 Å². The molecular weight excluding hydrogens is 478 g/mol. The van der Waals surface area contributed by atoms with Crippen LogP contribution < -0.4 is 11.1 Å². The van der Waals surface area contributed by atoms with Crippen LogP contribution >= 0.6 is 11.3 Å². The molecular formula is C26H33N5O4S. The van der Waals surface area contributed by atoms with E-state index < -0.39 is 18.1 Å². The lowest BCUT2D eigenvalue weighted by Crippen LogP contribution is -2.48. The SMILES string of the molecule is Cc1ncsc1-c1ccc([C@H](C)NC(=O)[C@@H]2C[C@@H](O)CN2C(=O)[C@H](c2cc(CN)no2)C(C)C)cc1. The minimum absolute atomic E-state index is 0.0926. The zero-order valence-electron chi connectivity index (χ0n) is 21.0.